The second kappa shape index (κ2) is 27.9. The minimum Gasteiger partial charge on any atom is -0.481 e. The second-order valence-corrected chi connectivity index (χ2v) is 31.4. The molecule has 90 heavy (non-hydrogen) atoms. The number of carbonyl (C=O) groups excluding carboxylic acids is 5. The van der Waals surface area contributed by atoms with Crippen LogP contribution in [0.2, 0.25) is 0 Å². The number of nitrogens with one attached hydrogen (secondary N) is 4. The number of halogens is 1. The molecule has 0 bridgehead atoms. The molecule has 6 heterocycles. The van der Waals surface area contributed by atoms with Gasteiger partial charge in [-0.15, -0.1) is 12.4 Å². The number of hydrogen-bond acceptors (Lipinski definition) is 17. The Kier molecular flexibility index (Phi) is 22.0. The van der Waals surface area contributed by atoms with Gasteiger partial charge in [0.2, 0.25) is 30.0 Å². The Bertz CT molecular complexity index is 3010. The Morgan fingerprint density at radius 1 is 0.633 bits per heavy atom. The van der Waals surface area contributed by atoms with Crippen molar-refractivity contribution in [2.75, 3.05) is 41.3 Å². The van der Waals surface area contributed by atoms with Gasteiger partial charge < -0.3 is 55.1 Å². The first-order valence-corrected chi connectivity index (χ1v) is 32.3. The molecular weight excluding hydrogens is 1170 g/mol. The number of likely N-dealkylation sites (tertiary alicyclic amines) is 1. The van der Waals surface area contributed by atoms with Crippen molar-refractivity contribution in [3.05, 3.63) is 47.3 Å². The van der Waals surface area contributed by atoms with Gasteiger partial charge in [0.05, 0.1) is 24.4 Å². The molecule has 6 aliphatic carbocycles. The summed E-state index contributed by atoms with van der Waals surface area (Å²) in [7, 11) is 0. The van der Waals surface area contributed by atoms with Gasteiger partial charge in [0, 0.05) is 64.9 Å². The molecule has 23 nitrogen and oxygen atoms in total. The van der Waals surface area contributed by atoms with Gasteiger partial charge in [-0.1, -0.05) is 123 Å². The molecule has 0 aromatic carbocycles. The standard InChI is InChI=1S/C22H34N4O5.C15H22N2O2.C14H21N3O2.C8H12O2.C7H12N2O.ClH/c1-5-6-7-15(12-25(30)14-27)20(29)26-13-22(8-9-22)11-16(26)19(28)23-18-10-17(31-24-18)21(2,3)4;1-14(2,3)11-8-12(17-19-11)16-13(18)10-4-5-15(9-10)6-7-15;1-13(2,3)10-6-11(17-19-10)16-12(18)9-7-14(4-5-14)8-15-9;9-7(10)6-1-2-8(5-6)3-4-8;1-7(2,3)5-4-6(8)9-10-5;/h10,14-16,30H,5-9,11-13H2,1-4H3,(H,23,24,28);8,10H,4-7,9H2,1-3H3,(H,16,17,18);6,9,15H,4-5,7-8H2,1-3H3,(H,16,17,18);6H,1-5H2,(H,9,10);4H,1-3H3,(H2,8,9);1H/t15-,16+;10-;9-;6-;;/m1000../s1. The number of hydrogen-bond donors (Lipinski definition) is 7. The van der Waals surface area contributed by atoms with Crippen LogP contribution < -0.4 is 27.0 Å². The quantitative estimate of drug-likeness (QED) is 0.0350. The average molecular weight is 1280 g/mol. The monoisotopic (exact) mass is 1280 g/mol. The van der Waals surface area contributed by atoms with E-state index in [-0.39, 0.29) is 87.5 Å². The zero-order chi connectivity index (χ0) is 65.1. The van der Waals surface area contributed by atoms with E-state index in [1.807, 2.05) is 54.5 Å². The van der Waals surface area contributed by atoms with Crippen LogP contribution in [0.4, 0.5) is 23.3 Å². The molecule has 6 saturated carbocycles. The van der Waals surface area contributed by atoms with E-state index in [9.17, 15) is 34.0 Å². The van der Waals surface area contributed by atoms with Crippen LogP contribution in [-0.2, 0) is 50.4 Å². The van der Waals surface area contributed by atoms with Gasteiger partial charge >= 0.3 is 5.97 Å². The number of anilines is 4. The normalized spacial score (nSPS) is 22.7. The Morgan fingerprint density at radius 3 is 1.43 bits per heavy atom. The molecule has 24 heteroatoms. The molecule has 4 spiro atoms. The highest BCUT2D eigenvalue weighted by atomic mass is 35.5. The fourth-order valence-electron chi connectivity index (χ4n) is 12.4. The minimum absolute atomic E-state index is 0. The second-order valence-electron chi connectivity index (χ2n) is 31.4. The number of unbranched alkanes of at least 4 members (excludes halogenated alkanes) is 1. The van der Waals surface area contributed by atoms with Crippen LogP contribution in [0.3, 0.4) is 0 Å². The lowest BCUT2D eigenvalue weighted by Gasteiger charge is -2.29. The van der Waals surface area contributed by atoms with Crippen molar-refractivity contribution in [3.8, 4) is 0 Å². The van der Waals surface area contributed by atoms with E-state index in [1.54, 1.807) is 23.1 Å². The first-order chi connectivity index (χ1) is 41.6. The van der Waals surface area contributed by atoms with Crippen molar-refractivity contribution in [1.29, 1.82) is 0 Å². The maximum Gasteiger partial charge on any atom is 0.306 e. The largest absolute Gasteiger partial charge is 0.481 e. The zero-order valence-corrected chi connectivity index (χ0v) is 56.3. The molecule has 4 aromatic heterocycles. The van der Waals surface area contributed by atoms with Crippen LogP contribution in [0, 0.1) is 39.4 Å². The molecule has 4 aromatic rings. The zero-order valence-electron chi connectivity index (χ0n) is 55.5. The number of carbonyl (C=O) groups is 6. The van der Waals surface area contributed by atoms with Crippen LogP contribution in [0.5, 0.6) is 0 Å². The molecule has 8 N–H and O–H groups in total. The number of nitrogens with zero attached hydrogens (tertiary/aromatic N) is 6. The summed E-state index contributed by atoms with van der Waals surface area (Å²) in [5, 5.41) is 46.1. The number of hydroxylamine groups is 2. The number of rotatable bonds is 14. The molecule has 5 amide bonds. The Balaban J connectivity index is 0.000000170. The molecular formula is C66H102ClN11O12. The molecule has 8 aliphatic rings. The highest BCUT2D eigenvalue weighted by Crippen LogP contribution is 2.61. The summed E-state index contributed by atoms with van der Waals surface area (Å²) in [4.78, 5) is 73.9. The van der Waals surface area contributed by atoms with Gasteiger partial charge in [-0.3, -0.25) is 34.0 Å². The minimum atomic E-state index is -0.600. The van der Waals surface area contributed by atoms with Crippen LogP contribution in [0.1, 0.15) is 235 Å². The lowest BCUT2D eigenvalue weighted by Crippen LogP contribution is -2.47. The van der Waals surface area contributed by atoms with E-state index in [2.05, 4.69) is 83.4 Å². The van der Waals surface area contributed by atoms with Gasteiger partial charge in [0.25, 0.3) is 0 Å². The first-order valence-electron chi connectivity index (χ1n) is 32.3. The molecule has 0 unspecified atom stereocenters. The molecule has 8 fully saturated rings. The number of nitrogens with two attached hydrogens (primary N) is 1. The van der Waals surface area contributed by atoms with Crippen LogP contribution >= 0.6 is 12.4 Å². The topological polar surface area (TPSA) is 328 Å². The summed E-state index contributed by atoms with van der Waals surface area (Å²) in [5.41, 5.74) is 6.44. The lowest BCUT2D eigenvalue weighted by atomic mass is 9.93. The molecule has 5 atom stereocenters. The van der Waals surface area contributed by atoms with Crippen LogP contribution in [-0.4, -0.2) is 109 Å². The number of amides is 5. The first kappa shape index (κ1) is 71.1. The number of carboxylic acid groups (broad SMARTS) is 1. The van der Waals surface area contributed by atoms with E-state index >= 15 is 0 Å². The van der Waals surface area contributed by atoms with E-state index in [0.717, 1.165) is 81.6 Å². The summed E-state index contributed by atoms with van der Waals surface area (Å²) in [5.74, 6) is 3.58. The van der Waals surface area contributed by atoms with E-state index in [1.165, 1.54) is 51.4 Å². The van der Waals surface area contributed by atoms with E-state index in [0.29, 0.717) is 76.1 Å². The molecule has 2 saturated heterocycles. The van der Waals surface area contributed by atoms with Crippen molar-refractivity contribution in [1.82, 2.24) is 35.9 Å². The predicted molar refractivity (Wildman–Crippen MR) is 341 cm³/mol. The Labute approximate surface area is 536 Å². The van der Waals surface area contributed by atoms with Gasteiger partial charge in [-0.2, -0.15) is 0 Å². The number of aliphatic carboxylic acids is 1. The number of nitrogen functional groups attached to an aromatic ring is 1. The van der Waals surface area contributed by atoms with Crippen molar-refractivity contribution in [2.45, 2.75) is 246 Å². The van der Waals surface area contributed by atoms with Crippen molar-refractivity contribution >= 4 is 71.7 Å². The van der Waals surface area contributed by atoms with E-state index < -0.39 is 17.9 Å². The Hall–Kier alpha value is -6.33. The number of aromatic nitrogens is 4. The van der Waals surface area contributed by atoms with Gasteiger partial charge in [0.1, 0.15) is 29.1 Å². The molecule has 0 radical (unpaired) electrons. The maximum atomic E-state index is 13.4. The maximum absolute atomic E-state index is 13.4. The Morgan fingerprint density at radius 2 is 1.07 bits per heavy atom. The number of carboxylic acids is 1. The highest BCUT2D eigenvalue weighted by molar-refractivity contribution is 5.98. The molecule has 12 rings (SSSR count). The van der Waals surface area contributed by atoms with Crippen molar-refractivity contribution in [2.24, 2.45) is 39.4 Å². The molecule has 500 valence electrons. The fraction of sp³-hybridized carbons (Fsp3) is 0.727. The van der Waals surface area contributed by atoms with E-state index in [4.69, 9.17) is 28.9 Å². The third-order valence-corrected chi connectivity index (χ3v) is 19.3. The van der Waals surface area contributed by atoms with Gasteiger partial charge in [-0.05, 0) is 131 Å². The third-order valence-electron chi connectivity index (χ3n) is 19.3. The predicted octanol–water partition coefficient (Wildman–Crippen LogP) is 12.1. The highest BCUT2D eigenvalue weighted by Gasteiger charge is 2.56. The summed E-state index contributed by atoms with van der Waals surface area (Å²) in [6.45, 7) is 27.9. The lowest BCUT2D eigenvalue weighted by molar-refractivity contribution is -0.157. The fourth-order valence-corrected chi connectivity index (χ4v) is 12.4. The summed E-state index contributed by atoms with van der Waals surface area (Å²) in [6.07, 6.45) is 20.2. The smallest absolute Gasteiger partial charge is 0.306 e. The summed E-state index contributed by atoms with van der Waals surface area (Å²) >= 11 is 0. The third kappa shape index (κ3) is 19.1. The van der Waals surface area contributed by atoms with Crippen LogP contribution in [0.25, 0.3) is 0 Å². The SMILES string of the molecule is CC(C)(C)c1cc(N)no1.CC(C)(C)c1cc(NC(=O)[C@@H]2CC3(CC3)CN2)no1.CC(C)(C)c1cc(NC(=O)[C@H]2CCC3(CC3)C2)no1.CCCC[C@H](CN(O)C=O)C(=O)N1CC2(CC2)C[C@H]1C(=O)Nc1cc(C(C)(C)C)on1.Cl.O=C(O)[C@H]1CCC2(CC2)C1. The van der Waals surface area contributed by atoms with Crippen molar-refractivity contribution < 1.29 is 57.2 Å². The summed E-state index contributed by atoms with van der Waals surface area (Å²) < 4.78 is 20.8. The van der Waals surface area contributed by atoms with Gasteiger partial charge in [-0.25, -0.2) is 5.06 Å². The molecule has 2 aliphatic heterocycles. The van der Waals surface area contributed by atoms with Crippen LogP contribution in [0.15, 0.2) is 42.4 Å². The average Bonchev–Trinajstić information content (AvgIpc) is 1.62. The van der Waals surface area contributed by atoms with Crippen molar-refractivity contribution in [3.63, 3.8) is 0 Å². The van der Waals surface area contributed by atoms with Gasteiger partial charge in [0.15, 0.2) is 23.3 Å². The summed E-state index contributed by atoms with van der Waals surface area (Å²) in [6, 6.07) is 6.41.